The van der Waals surface area contributed by atoms with Crippen LogP contribution in [0.5, 0.6) is 0 Å². The van der Waals surface area contributed by atoms with Gasteiger partial charge in [-0.3, -0.25) is 0 Å². The lowest BCUT2D eigenvalue weighted by Crippen LogP contribution is -1.98. The van der Waals surface area contributed by atoms with Gasteiger partial charge in [0, 0.05) is 0 Å². The lowest BCUT2D eigenvalue weighted by Gasteiger charge is -2.18. The zero-order valence-corrected chi connectivity index (χ0v) is 13.5. The van der Waals surface area contributed by atoms with Crippen molar-refractivity contribution in [3.63, 3.8) is 0 Å². The molecule has 3 rings (SSSR count). The van der Waals surface area contributed by atoms with Crippen LogP contribution in [-0.4, -0.2) is 0 Å². The summed E-state index contributed by atoms with van der Waals surface area (Å²) in [7, 11) is 0. The Kier molecular flexibility index (Phi) is 3.71. The molecule has 21 heavy (non-hydrogen) atoms. The Balaban J connectivity index is 2.31. The summed E-state index contributed by atoms with van der Waals surface area (Å²) in [6.07, 6.45) is 4.58. The van der Waals surface area contributed by atoms with Gasteiger partial charge in [0.15, 0.2) is 0 Å². The molecule has 0 radical (unpaired) electrons. The van der Waals surface area contributed by atoms with Crippen LogP contribution in [0.1, 0.15) is 55.9 Å². The van der Waals surface area contributed by atoms with Gasteiger partial charge in [0.25, 0.3) is 0 Å². The Bertz CT molecular complexity index is 702. The van der Waals surface area contributed by atoms with Gasteiger partial charge in [-0.1, -0.05) is 68.8 Å². The van der Waals surface area contributed by atoms with Crippen molar-refractivity contribution < 1.29 is 0 Å². The van der Waals surface area contributed by atoms with E-state index < -0.39 is 0 Å². The first-order valence-electron chi connectivity index (χ1n) is 8.03. The quantitative estimate of drug-likeness (QED) is 0.645. The highest BCUT2D eigenvalue weighted by molar-refractivity contribution is 5.84. The zero-order chi connectivity index (χ0) is 15.0. The lowest BCUT2D eigenvalue weighted by atomic mass is 9.86. The van der Waals surface area contributed by atoms with Crippen LogP contribution in [0.4, 0.5) is 0 Å². The van der Waals surface area contributed by atoms with Crippen molar-refractivity contribution in [1.82, 2.24) is 0 Å². The van der Waals surface area contributed by atoms with Crippen LogP contribution in [0.2, 0.25) is 0 Å². The second-order valence-corrected chi connectivity index (χ2v) is 6.44. The molecule has 0 saturated heterocycles. The summed E-state index contributed by atoms with van der Waals surface area (Å²) in [5.74, 6) is 0.549. The summed E-state index contributed by atoms with van der Waals surface area (Å²) in [5.41, 5.74) is 10.2. The SMILES string of the molecule is CCc1ccc2c(c1-c1ccccc1C(C)C)C=C(C)C2. The third kappa shape index (κ3) is 2.44. The number of aryl methyl sites for hydroxylation is 1. The molecular formula is C21H24. The normalized spacial score (nSPS) is 13.5. The van der Waals surface area contributed by atoms with E-state index in [9.17, 15) is 0 Å². The molecule has 0 nitrogen and oxygen atoms in total. The van der Waals surface area contributed by atoms with E-state index in [4.69, 9.17) is 0 Å². The van der Waals surface area contributed by atoms with Crippen molar-refractivity contribution in [3.05, 3.63) is 64.2 Å². The van der Waals surface area contributed by atoms with Gasteiger partial charge in [-0.2, -0.15) is 0 Å². The topological polar surface area (TPSA) is 0 Å². The molecule has 0 heteroatoms. The summed E-state index contributed by atoms with van der Waals surface area (Å²) >= 11 is 0. The predicted molar refractivity (Wildman–Crippen MR) is 92.7 cm³/mol. The summed E-state index contributed by atoms with van der Waals surface area (Å²) in [4.78, 5) is 0. The van der Waals surface area contributed by atoms with Crippen LogP contribution in [0.25, 0.3) is 17.2 Å². The van der Waals surface area contributed by atoms with Crippen molar-refractivity contribution >= 4 is 6.08 Å². The molecule has 1 aliphatic rings. The molecule has 1 aliphatic carbocycles. The summed E-state index contributed by atoms with van der Waals surface area (Å²) in [6, 6.07) is 13.6. The Hall–Kier alpha value is -1.82. The molecule has 0 amide bonds. The summed E-state index contributed by atoms with van der Waals surface area (Å²) in [5, 5.41) is 0. The number of fused-ring (bicyclic) bond motifs is 1. The third-order valence-corrected chi connectivity index (χ3v) is 4.52. The van der Waals surface area contributed by atoms with Crippen molar-refractivity contribution in [1.29, 1.82) is 0 Å². The van der Waals surface area contributed by atoms with Crippen LogP contribution in [0.3, 0.4) is 0 Å². The third-order valence-electron chi connectivity index (χ3n) is 4.52. The Morgan fingerprint density at radius 2 is 1.81 bits per heavy atom. The van der Waals surface area contributed by atoms with E-state index in [1.165, 1.54) is 39.0 Å². The standard InChI is InChI=1S/C21H24/c1-5-16-10-11-17-12-15(4)13-20(17)21(16)19-9-7-6-8-18(19)14(2)3/h6-11,13-14H,5,12H2,1-4H3. The molecule has 0 saturated carbocycles. The van der Waals surface area contributed by atoms with Gasteiger partial charge in [0.05, 0.1) is 0 Å². The molecule has 0 unspecified atom stereocenters. The molecule has 0 atom stereocenters. The Morgan fingerprint density at radius 1 is 1.05 bits per heavy atom. The van der Waals surface area contributed by atoms with Crippen LogP contribution in [-0.2, 0) is 12.8 Å². The van der Waals surface area contributed by atoms with E-state index >= 15 is 0 Å². The summed E-state index contributed by atoms with van der Waals surface area (Å²) < 4.78 is 0. The van der Waals surface area contributed by atoms with E-state index in [1.54, 1.807) is 0 Å². The highest BCUT2D eigenvalue weighted by Crippen LogP contribution is 2.39. The highest BCUT2D eigenvalue weighted by Gasteiger charge is 2.19. The van der Waals surface area contributed by atoms with Crippen LogP contribution in [0, 0.1) is 0 Å². The van der Waals surface area contributed by atoms with Crippen molar-refractivity contribution in [2.24, 2.45) is 0 Å². The fourth-order valence-corrected chi connectivity index (χ4v) is 3.47. The summed E-state index contributed by atoms with van der Waals surface area (Å²) in [6.45, 7) is 9.07. The van der Waals surface area contributed by atoms with Gasteiger partial charge in [0.1, 0.15) is 0 Å². The van der Waals surface area contributed by atoms with E-state index in [0.717, 1.165) is 12.8 Å². The largest absolute Gasteiger partial charge is 0.0683 e. The molecule has 0 heterocycles. The van der Waals surface area contributed by atoms with Crippen LogP contribution < -0.4 is 0 Å². The van der Waals surface area contributed by atoms with Gasteiger partial charge < -0.3 is 0 Å². The first kappa shape index (κ1) is 14.1. The molecule has 0 N–H and O–H groups in total. The second kappa shape index (κ2) is 5.52. The fraction of sp³-hybridized carbons (Fsp3) is 0.333. The number of allylic oxidation sites excluding steroid dienone is 1. The average molecular weight is 276 g/mol. The van der Waals surface area contributed by atoms with Crippen molar-refractivity contribution in [2.45, 2.75) is 46.5 Å². The molecule has 108 valence electrons. The number of hydrogen-bond donors (Lipinski definition) is 0. The smallest absolute Gasteiger partial charge is 0.00604 e. The van der Waals surface area contributed by atoms with Crippen molar-refractivity contribution in [3.8, 4) is 11.1 Å². The first-order valence-corrected chi connectivity index (χ1v) is 8.03. The minimum atomic E-state index is 0.549. The maximum absolute atomic E-state index is 2.39. The Morgan fingerprint density at radius 3 is 2.52 bits per heavy atom. The van der Waals surface area contributed by atoms with Gasteiger partial charge in [-0.15, -0.1) is 0 Å². The molecular weight excluding hydrogens is 252 g/mol. The number of hydrogen-bond acceptors (Lipinski definition) is 0. The van der Waals surface area contributed by atoms with Gasteiger partial charge >= 0.3 is 0 Å². The van der Waals surface area contributed by atoms with E-state index in [1.807, 2.05) is 0 Å². The van der Waals surface area contributed by atoms with Gasteiger partial charge in [-0.25, -0.2) is 0 Å². The lowest BCUT2D eigenvalue weighted by molar-refractivity contribution is 0.868. The Labute approximate surface area is 128 Å². The monoisotopic (exact) mass is 276 g/mol. The molecule has 0 aromatic heterocycles. The minimum absolute atomic E-state index is 0.549. The number of rotatable bonds is 3. The maximum Gasteiger partial charge on any atom is -0.00604 e. The number of benzene rings is 2. The molecule has 0 fully saturated rings. The minimum Gasteiger partial charge on any atom is -0.0683 e. The average Bonchev–Trinajstić information content (AvgIpc) is 2.86. The highest BCUT2D eigenvalue weighted by atomic mass is 14.2. The molecule has 0 bridgehead atoms. The van der Waals surface area contributed by atoms with E-state index in [-0.39, 0.29) is 0 Å². The molecule has 0 spiro atoms. The second-order valence-electron chi connectivity index (χ2n) is 6.44. The molecule has 0 aliphatic heterocycles. The predicted octanol–water partition coefficient (Wildman–Crippen LogP) is 6.00. The van der Waals surface area contributed by atoms with Crippen LogP contribution in [0.15, 0.2) is 42.0 Å². The van der Waals surface area contributed by atoms with Crippen LogP contribution >= 0.6 is 0 Å². The first-order chi connectivity index (χ1) is 10.1. The maximum atomic E-state index is 2.39. The van der Waals surface area contributed by atoms with Crippen molar-refractivity contribution in [2.75, 3.05) is 0 Å². The molecule has 2 aromatic carbocycles. The van der Waals surface area contributed by atoms with Gasteiger partial charge in [-0.05, 0) is 59.1 Å². The molecule has 2 aromatic rings. The van der Waals surface area contributed by atoms with Gasteiger partial charge in [0.2, 0.25) is 0 Å². The van der Waals surface area contributed by atoms with E-state index in [2.05, 4.69) is 70.2 Å². The van der Waals surface area contributed by atoms with E-state index in [0.29, 0.717) is 5.92 Å². The fourth-order valence-electron chi connectivity index (χ4n) is 3.47. The zero-order valence-electron chi connectivity index (χ0n) is 13.5.